The quantitative estimate of drug-likeness (QED) is 0.839. The van der Waals surface area contributed by atoms with Crippen LogP contribution in [0.1, 0.15) is 30.7 Å². The van der Waals surface area contributed by atoms with Gasteiger partial charge in [0.25, 0.3) is 0 Å². The average Bonchev–Trinajstić information content (AvgIpc) is 2.68. The Hall–Kier alpha value is -1.87. The van der Waals surface area contributed by atoms with Crippen molar-refractivity contribution >= 4 is 11.8 Å². The number of aromatic nitrogens is 4. The lowest BCUT2D eigenvalue weighted by Gasteiger charge is -2.06. The smallest absolute Gasteiger partial charge is 0.196 e. The number of rotatable bonds is 2. The van der Waals surface area contributed by atoms with Gasteiger partial charge in [-0.1, -0.05) is 6.42 Å². The first-order valence-corrected chi connectivity index (χ1v) is 7.14. The Morgan fingerprint density at radius 1 is 1.26 bits per heavy atom. The second-order valence-electron chi connectivity index (χ2n) is 4.45. The first-order valence-electron chi connectivity index (χ1n) is 6.32. The fraction of sp³-hybridized carbons (Fsp3) is 0.385. The molecule has 6 heteroatoms. The van der Waals surface area contributed by atoms with Crippen LogP contribution in [0, 0.1) is 11.3 Å². The number of nitrogens with zero attached hydrogens (tertiary/aromatic N) is 5. The van der Waals surface area contributed by atoms with Crippen molar-refractivity contribution in [3.05, 3.63) is 29.8 Å². The topological polar surface area (TPSA) is 67.4 Å². The van der Waals surface area contributed by atoms with Gasteiger partial charge in [0.15, 0.2) is 5.16 Å². The molecule has 0 saturated heterocycles. The molecular formula is C13H13N5S. The van der Waals surface area contributed by atoms with E-state index in [1.165, 1.54) is 24.6 Å². The van der Waals surface area contributed by atoms with E-state index in [1.807, 2.05) is 0 Å². The second-order valence-corrected chi connectivity index (χ2v) is 5.46. The van der Waals surface area contributed by atoms with Crippen LogP contribution in [-0.2, 0) is 13.0 Å². The normalized spacial score (nSPS) is 14.5. The lowest BCUT2D eigenvalue weighted by atomic mass is 10.2. The summed E-state index contributed by atoms with van der Waals surface area (Å²) in [5, 5.41) is 18.5. The minimum absolute atomic E-state index is 0.631. The minimum Gasteiger partial charge on any atom is -0.306 e. The average molecular weight is 271 g/mol. The summed E-state index contributed by atoms with van der Waals surface area (Å²) < 4.78 is 2.17. The number of hydrogen-bond donors (Lipinski definition) is 0. The van der Waals surface area contributed by atoms with Gasteiger partial charge in [-0.25, -0.2) is 0 Å². The van der Waals surface area contributed by atoms with Crippen molar-refractivity contribution in [2.75, 3.05) is 0 Å². The molecule has 3 rings (SSSR count). The fourth-order valence-corrected chi connectivity index (χ4v) is 3.11. The van der Waals surface area contributed by atoms with Crippen LogP contribution in [0.2, 0.25) is 0 Å². The van der Waals surface area contributed by atoms with Gasteiger partial charge in [-0.2, -0.15) is 5.26 Å². The molecule has 3 heterocycles. The molecule has 0 aromatic carbocycles. The van der Waals surface area contributed by atoms with Crippen molar-refractivity contribution in [1.29, 1.82) is 5.26 Å². The monoisotopic (exact) mass is 271 g/mol. The van der Waals surface area contributed by atoms with Crippen LogP contribution in [0.3, 0.4) is 0 Å². The number of nitriles is 1. The van der Waals surface area contributed by atoms with E-state index < -0.39 is 0 Å². The number of fused-ring (bicyclic) bond motifs is 1. The predicted octanol–water partition coefficient (Wildman–Crippen LogP) is 2.42. The molecule has 96 valence electrons. The molecule has 0 amide bonds. The molecule has 5 nitrogen and oxygen atoms in total. The zero-order valence-electron chi connectivity index (χ0n) is 10.4. The van der Waals surface area contributed by atoms with E-state index in [9.17, 15) is 0 Å². The second kappa shape index (κ2) is 5.41. The lowest BCUT2D eigenvalue weighted by molar-refractivity contribution is 0.591. The van der Waals surface area contributed by atoms with E-state index in [4.69, 9.17) is 5.26 Å². The largest absolute Gasteiger partial charge is 0.306 e. The van der Waals surface area contributed by atoms with Crippen LogP contribution in [0.25, 0.3) is 0 Å². The molecule has 19 heavy (non-hydrogen) atoms. The standard InChI is InChI=1S/C13H13N5S/c14-8-10-5-6-15-9-11(10)19-13-17-16-12-4-2-1-3-7-18(12)13/h5-6,9H,1-4,7H2. The summed E-state index contributed by atoms with van der Waals surface area (Å²) in [5.74, 6) is 1.06. The van der Waals surface area contributed by atoms with Crippen LogP contribution in [0.4, 0.5) is 0 Å². The highest BCUT2D eigenvalue weighted by molar-refractivity contribution is 7.99. The molecule has 1 aliphatic rings. The number of hydrogen-bond acceptors (Lipinski definition) is 5. The summed E-state index contributed by atoms with van der Waals surface area (Å²) in [6.07, 6.45) is 7.92. The van der Waals surface area contributed by atoms with Crippen LogP contribution in [0.15, 0.2) is 28.5 Å². The predicted molar refractivity (Wildman–Crippen MR) is 70.7 cm³/mol. The van der Waals surface area contributed by atoms with Crippen LogP contribution >= 0.6 is 11.8 Å². The highest BCUT2D eigenvalue weighted by atomic mass is 32.2. The Morgan fingerprint density at radius 3 is 3.11 bits per heavy atom. The summed E-state index contributed by atoms with van der Waals surface area (Å²) in [6, 6.07) is 3.91. The Bertz CT molecular complexity index is 628. The van der Waals surface area contributed by atoms with E-state index in [2.05, 4.69) is 25.8 Å². The summed E-state index contributed by atoms with van der Waals surface area (Å²) in [5.41, 5.74) is 0.631. The summed E-state index contributed by atoms with van der Waals surface area (Å²) in [4.78, 5) is 4.91. The van der Waals surface area contributed by atoms with Crippen molar-refractivity contribution in [3.8, 4) is 6.07 Å². The molecule has 2 aromatic rings. The van der Waals surface area contributed by atoms with E-state index in [0.717, 1.165) is 35.3 Å². The molecule has 0 aliphatic carbocycles. The molecule has 0 fully saturated rings. The van der Waals surface area contributed by atoms with E-state index in [0.29, 0.717) is 5.56 Å². The molecule has 0 atom stereocenters. The van der Waals surface area contributed by atoms with E-state index in [-0.39, 0.29) is 0 Å². The Kier molecular flexibility index (Phi) is 3.47. The maximum absolute atomic E-state index is 9.10. The van der Waals surface area contributed by atoms with Gasteiger partial charge in [0.05, 0.1) is 10.5 Å². The minimum atomic E-state index is 0.631. The molecule has 0 radical (unpaired) electrons. The zero-order valence-corrected chi connectivity index (χ0v) is 11.2. The zero-order chi connectivity index (χ0) is 13.1. The first-order chi connectivity index (χ1) is 9.38. The first kappa shape index (κ1) is 12.2. The maximum Gasteiger partial charge on any atom is 0.196 e. The van der Waals surface area contributed by atoms with Crippen molar-refractivity contribution in [2.24, 2.45) is 0 Å². The van der Waals surface area contributed by atoms with Gasteiger partial charge in [-0.3, -0.25) is 4.98 Å². The van der Waals surface area contributed by atoms with Gasteiger partial charge in [-0.05, 0) is 30.7 Å². The molecule has 0 unspecified atom stereocenters. The summed E-state index contributed by atoms with van der Waals surface area (Å²) in [7, 11) is 0. The van der Waals surface area contributed by atoms with E-state index >= 15 is 0 Å². The highest BCUT2D eigenvalue weighted by Crippen LogP contribution is 2.30. The van der Waals surface area contributed by atoms with Crippen LogP contribution in [-0.4, -0.2) is 19.7 Å². The van der Waals surface area contributed by atoms with Crippen LogP contribution in [0.5, 0.6) is 0 Å². The van der Waals surface area contributed by atoms with Crippen molar-refractivity contribution in [2.45, 2.75) is 42.3 Å². The lowest BCUT2D eigenvalue weighted by Crippen LogP contribution is -2.02. The number of aryl methyl sites for hydroxylation is 1. The van der Waals surface area contributed by atoms with Crippen molar-refractivity contribution < 1.29 is 0 Å². The third kappa shape index (κ3) is 2.47. The van der Waals surface area contributed by atoms with Gasteiger partial charge in [-0.15, -0.1) is 10.2 Å². The fourth-order valence-electron chi connectivity index (χ4n) is 2.19. The highest BCUT2D eigenvalue weighted by Gasteiger charge is 2.16. The maximum atomic E-state index is 9.10. The van der Waals surface area contributed by atoms with Gasteiger partial charge < -0.3 is 4.57 Å². The Balaban J connectivity index is 1.92. The van der Waals surface area contributed by atoms with Gasteiger partial charge in [0.2, 0.25) is 0 Å². The summed E-state index contributed by atoms with van der Waals surface area (Å²) >= 11 is 1.47. The third-order valence-corrected chi connectivity index (χ3v) is 4.21. The number of pyridine rings is 1. The molecule has 0 spiro atoms. The SMILES string of the molecule is N#Cc1ccncc1Sc1nnc2n1CCCCC2. The molecule has 0 saturated carbocycles. The van der Waals surface area contributed by atoms with Gasteiger partial charge in [0, 0.05) is 25.4 Å². The van der Waals surface area contributed by atoms with Crippen molar-refractivity contribution in [3.63, 3.8) is 0 Å². The third-order valence-electron chi connectivity index (χ3n) is 3.18. The Morgan fingerprint density at radius 2 is 2.21 bits per heavy atom. The Labute approximate surface area is 115 Å². The van der Waals surface area contributed by atoms with Gasteiger partial charge >= 0.3 is 0 Å². The molecule has 1 aliphatic heterocycles. The molecule has 0 bridgehead atoms. The summed E-state index contributed by atoms with van der Waals surface area (Å²) in [6.45, 7) is 0.965. The van der Waals surface area contributed by atoms with Crippen LogP contribution < -0.4 is 0 Å². The van der Waals surface area contributed by atoms with Crippen molar-refractivity contribution in [1.82, 2.24) is 19.7 Å². The van der Waals surface area contributed by atoms with Gasteiger partial charge in [0.1, 0.15) is 11.9 Å². The molecule has 2 aromatic heterocycles. The molecular weight excluding hydrogens is 258 g/mol. The molecule has 0 N–H and O–H groups in total. The van der Waals surface area contributed by atoms with E-state index in [1.54, 1.807) is 18.5 Å².